The van der Waals surface area contributed by atoms with Crippen LogP contribution in [0.4, 0.5) is 0 Å². The first-order valence-corrected chi connectivity index (χ1v) is 1.78. The fourth-order valence-electron chi connectivity index (χ4n) is 0. The van der Waals surface area contributed by atoms with Crippen LogP contribution >= 0.6 is 0 Å². The highest BCUT2D eigenvalue weighted by atomic mass is 16.1. The van der Waals surface area contributed by atoms with E-state index in [9.17, 15) is 4.79 Å². The molecule has 48 valence electrons. The highest BCUT2D eigenvalue weighted by Crippen LogP contribution is 1.50. The third kappa shape index (κ3) is 82.2. The van der Waals surface area contributed by atoms with Gasteiger partial charge in [-0.2, -0.15) is 0 Å². The van der Waals surface area contributed by atoms with Crippen molar-refractivity contribution in [2.45, 2.75) is 13.8 Å². The molecule has 8 heavy (non-hydrogen) atoms. The molecule has 0 aliphatic rings. The SMILES string of the molecule is C=O.C=O.CC(C)=O. The van der Waals surface area contributed by atoms with Crippen LogP contribution < -0.4 is 0 Å². The van der Waals surface area contributed by atoms with Gasteiger partial charge in [-0.25, -0.2) is 0 Å². The van der Waals surface area contributed by atoms with Gasteiger partial charge in [0.2, 0.25) is 0 Å². The van der Waals surface area contributed by atoms with Crippen LogP contribution in [0.15, 0.2) is 0 Å². The Labute approximate surface area is 48.7 Å². The summed E-state index contributed by atoms with van der Waals surface area (Å²) in [5.74, 6) is 0.167. The second-order valence-corrected chi connectivity index (χ2v) is 0.908. The van der Waals surface area contributed by atoms with E-state index in [1.807, 2.05) is 13.6 Å². The fraction of sp³-hybridized carbons (Fsp3) is 0.400. The first-order valence-electron chi connectivity index (χ1n) is 1.78. The van der Waals surface area contributed by atoms with Crippen molar-refractivity contribution in [2.75, 3.05) is 0 Å². The zero-order valence-electron chi connectivity index (χ0n) is 5.14. The van der Waals surface area contributed by atoms with E-state index in [0.29, 0.717) is 0 Å². The van der Waals surface area contributed by atoms with Crippen LogP contribution in [0.3, 0.4) is 0 Å². The molecule has 0 bridgehead atoms. The summed E-state index contributed by atoms with van der Waals surface area (Å²) in [6, 6.07) is 0. The third-order valence-electron chi connectivity index (χ3n) is 0. The largest absolute Gasteiger partial charge is 0.307 e. The van der Waals surface area contributed by atoms with Crippen LogP contribution in [0.1, 0.15) is 13.8 Å². The van der Waals surface area contributed by atoms with E-state index in [1.54, 1.807) is 0 Å². The van der Waals surface area contributed by atoms with Crippen molar-refractivity contribution >= 4 is 19.4 Å². The molecule has 0 atom stereocenters. The standard InChI is InChI=1S/C3H6O.2CH2O/c1-3(2)4;2*1-2/h1-2H3;2*1H2. The molecule has 0 saturated heterocycles. The number of hydrogen-bond acceptors (Lipinski definition) is 3. The van der Waals surface area contributed by atoms with Gasteiger partial charge in [0.1, 0.15) is 19.4 Å². The molecule has 0 aromatic carbocycles. The molecular weight excluding hydrogens is 108 g/mol. The Kier molecular flexibility index (Phi) is 73.5. The molecule has 0 aliphatic carbocycles. The minimum Gasteiger partial charge on any atom is -0.307 e. The highest BCUT2D eigenvalue weighted by molar-refractivity contribution is 5.72. The van der Waals surface area contributed by atoms with Crippen molar-refractivity contribution in [1.82, 2.24) is 0 Å². The highest BCUT2D eigenvalue weighted by Gasteiger charge is 1.62. The molecule has 0 N–H and O–H groups in total. The van der Waals surface area contributed by atoms with Crippen LogP contribution in [0, 0.1) is 0 Å². The van der Waals surface area contributed by atoms with E-state index in [0.717, 1.165) is 0 Å². The van der Waals surface area contributed by atoms with Crippen LogP contribution in [-0.4, -0.2) is 19.4 Å². The first-order chi connectivity index (χ1) is 3.73. The van der Waals surface area contributed by atoms with E-state index in [2.05, 4.69) is 0 Å². The molecule has 0 rings (SSSR count). The maximum Gasteiger partial charge on any atom is 0.126 e. The van der Waals surface area contributed by atoms with E-state index < -0.39 is 0 Å². The molecule has 0 aromatic heterocycles. The minimum atomic E-state index is 0.167. The topological polar surface area (TPSA) is 51.2 Å². The summed E-state index contributed by atoms with van der Waals surface area (Å²) < 4.78 is 0. The van der Waals surface area contributed by atoms with Crippen molar-refractivity contribution in [3.05, 3.63) is 0 Å². The fourth-order valence-corrected chi connectivity index (χ4v) is 0. The van der Waals surface area contributed by atoms with Crippen molar-refractivity contribution < 1.29 is 14.4 Å². The third-order valence-corrected chi connectivity index (χ3v) is 0. The molecule has 0 aromatic rings. The summed E-state index contributed by atoms with van der Waals surface area (Å²) in [5.41, 5.74) is 0. The number of hydrogen-bond donors (Lipinski definition) is 0. The lowest BCUT2D eigenvalue weighted by molar-refractivity contribution is -0.115. The molecule has 0 spiro atoms. The molecule has 3 nitrogen and oxygen atoms in total. The smallest absolute Gasteiger partial charge is 0.126 e. The molecule has 0 saturated carbocycles. The van der Waals surface area contributed by atoms with Crippen molar-refractivity contribution in [3.8, 4) is 0 Å². The van der Waals surface area contributed by atoms with E-state index in [-0.39, 0.29) is 5.78 Å². The molecule has 0 unspecified atom stereocenters. The summed E-state index contributed by atoms with van der Waals surface area (Å²) in [5, 5.41) is 0. The van der Waals surface area contributed by atoms with Gasteiger partial charge in [-0.05, 0) is 13.8 Å². The van der Waals surface area contributed by atoms with Gasteiger partial charge in [-0.3, -0.25) is 0 Å². The molecular formula is C5H10O3. The van der Waals surface area contributed by atoms with Crippen LogP contribution in [0.5, 0.6) is 0 Å². The van der Waals surface area contributed by atoms with Gasteiger partial charge in [-0.1, -0.05) is 0 Å². The Morgan fingerprint density at radius 3 is 1.00 bits per heavy atom. The quantitative estimate of drug-likeness (QED) is 0.457. The predicted molar refractivity (Wildman–Crippen MR) is 30.6 cm³/mol. The molecule has 0 fully saturated rings. The average molecular weight is 118 g/mol. The van der Waals surface area contributed by atoms with Crippen LogP contribution in [0.2, 0.25) is 0 Å². The van der Waals surface area contributed by atoms with E-state index in [4.69, 9.17) is 9.59 Å². The summed E-state index contributed by atoms with van der Waals surface area (Å²) in [4.78, 5) is 25.4. The Morgan fingerprint density at radius 1 is 1.00 bits per heavy atom. The maximum absolute atomic E-state index is 9.44. The van der Waals surface area contributed by atoms with Gasteiger partial charge in [0, 0.05) is 0 Å². The molecule has 3 heteroatoms. The van der Waals surface area contributed by atoms with Gasteiger partial charge < -0.3 is 14.4 Å². The maximum atomic E-state index is 9.44. The summed E-state index contributed by atoms with van der Waals surface area (Å²) in [7, 11) is 0. The molecule has 0 radical (unpaired) electrons. The average Bonchev–Trinajstić information content (AvgIpc) is 1.75. The lowest BCUT2D eigenvalue weighted by Gasteiger charge is -1.56. The normalized spacial score (nSPS) is 4.25. The summed E-state index contributed by atoms with van der Waals surface area (Å²) in [6.45, 7) is 7.06. The monoisotopic (exact) mass is 118 g/mol. The number of ketones is 1. The van der Waals surface area contributed by atoms with Crippen LogP contribution in [0.25, 0.3) is 0 Å². The van der Waals surface area contributed by atoms with Crippen molar-refractivity contribution in [1.29, 1.82) is 0 Å². The van der Waals surface area contributed by atoms with Crippen LogP contribution in [-0.2, 0) is 14.4 Å². The van der Waals surface area contributed by atoms with Crippen molar-refractivity contribution in [2.24, 2.45) is 0 Å². The van der Waals surface area contributed by atoms with Gasteiger partial charge >= 0.3 is 0 Å². The van der Waals surface area contributed by atoms with Gasteiger partial charge in [0.05, 0.1) is 0 Å². The Bertz CT molecular complexity index is 45.6. The van der Waals surface area contributed by atoms with Gasteiger partial charge in [0.15, 0.2) is 0 Å². The Morgan fingerprint density at radius 2 is 1.00 bits per heavy atom. The molecule has 0 aliphatic heterocycles. The van der Waals surface area contributed by atoms with E-state index in [1.165, 1.54) is 13.8 Å². The molecule has 0 heterocycles. The predicted octanol–water partition coefficient (Wildman–Crippen LogP) is 0.225. The zero-order chi connectivity index (χ0) is 7.58. The summed E-state index contributed by atoms with van der Waals surface area (Å²) >= 11 is 0. The number of Topliss-reactive ketones (excluding diaryl/α,β-unsaturated/α-hetero) is 1. The lowest BCUT2D eigenvalue weighted by atomic mass is 10.6. The number of carbonyl (C=O) groups is 3. The second kappa shape index (κ2) is 37.3. The number of carbonyl (C=O) groups excluding carboxylic acids is 3. The van der Waals surface area contributed by atoms with Gasteiger partial charge in [-0.15, -0.1) is 0 Å². The van der Waals surface area contributed by atoms with Gasteiger partial charge in [0.25, 0.3) is 0 Å². The Hall–Kier alpha value is -0.990. The number of rotatable bonds is 0. The van der Waals surface area contributed by atoms with E-state index >= 15 is 0 Å². The lowest BCUT2D eigenvalue weighted by Crippen LogP contribution is -1.69. The summed E-state index contributed by atoms with van der Waals surface area (Å²) in [6.07, 6.45) is 0. The zero-order valence-corrected chi connectivity index (χ0v) is 5.14. The molecule has 0 amide bonds. The van der Waals surface area contributed by atoms with Crippen molar-refractivity contribution in [3.63, 3.8) is 0 Å². The Balaban J connectivity index is -0.0000000542. The first kappa shape index (κ1) is 15.7. The second-order valence-electron chi connectivity index (χ2n) is 0.908. The minimum absolute atomic E-state index is 0.167.